The fourth-order valence-electron chi connectivity index (χ4n) is 5.18. The molecule has 0 saturated heterocycles. The van der Waals surface area contributed by atoms with Crippen LogP contribution < -0.4 is 0 Å². The summed E-state index contributed by atoms with van der Waals surface area (Å²) in [6.45, 7) is 29.3. The molecule has 39 heavy (non-hydrogen) atoms. The van der Waals surface area contributed by atoms with E-state index in [1.807, 2.05) is 0 Å². The average Bonchev–Trinajstić information content (AvgIpc) is 2.85. The second-order valence-corrected chi connectivity index (χ2v) is 14.4. The summed E-state index contributed by atoms with van der Waals surface area (Å²) in [5.41, 5.74) is 9.09. The molecule has 0 aromatic heterocycles. The highest BCUT2D eigenvalue weighted by molar-refractivity contribution is 5.45. The molecule has 214 valence electrons. The molecule has 0 spiro atoms. The van der Waals surface area contributed by atoms with E-state index in [4.69, 9.17) is 0 Å². The molecule has 1 aliphatic carbocycles. The van der Waals surface area contributed by atoms with Crippen LogP contribution in [0.4, 0.5) is 0 Å². The van der Waals surface area contributed by atoms with Gasteiger partial charge in [-0.15, -0.1) is 6.58 Å². The summed E-state index contributed by atoms with van der Waals surface area (Å²) >= 11 is 0. The Morgan fingerprint density at radius 1 is 0.897 bits per heavy atom. The third-order valence-corrected chi connectivity index (χ3v) is 9.05. The van der Waals surface area contributed by atoms with Gasteiger partial charge in [0.2, 0.25) is 0 Å². The molecule has 0 heteroatoms. The number of rotatable bonds is 9. The Labute approximate surface area is 242 Å². The van der Waals surface area contributed by atoms with Crippen LogP contribution in [-0.4, -0.2) is 0 Å². The molecule has 0 radical (unpaired) electrons. The van der Waals surface area contributed by atoms with E-state index < -0.39 is 0 Å². The normalized spacial score (nSPS) is 17.2. The molecule has 0 saturated carbocycles. The lowest BCUT2D eigenvalue weighted by Crippen LogP contribution is -2.31. The van der Waals surface area contributed by atoms with Gasteiger partial charge in [-0.3, -0.25) is 0 Å². The number of hydrogen-bond donors (Lipinski definition) is 0. The molecule has 2 aromatic rings. The number of hydrogen-bond acceptors (Lipinski definition) is 0. The molecule has 0 N–H and O–H groups in total. The molecule has 2 aromatic carbocycles. The standard InChI is InChI=1S/C33H44.C6H14/c1-9-18-33(30-16-12-26(5)13-17-30,23-28-14-10-25(4)11-15-28)31-20-27(6)19-29(21-31)22-32(7,8)24(2)3;1-5-6(2,3)4/h9-14,16-17,19-21,24,28H,1,15,18,22-23H2,2-8H3;5H2,1-4H3/t28?,33-;/m0./s1. The number of aryl methyl sites for hydroxylation is 2. The van der Waals surface area contributed by atoms with Gasteiger partial charge in [-0.2, -0.15) is 0 Å². The highest BCUT2D eigenvalue weighted by Crippen LogP contribution is 2.45. The van der Waals surface area contributed by atoms with Crippen LogP contribution >= 0.6 is 0 Å². The second kappa shape index (κ2) is 13.8. The lowest BCUT2D eigenvalue weighted by atomic mass is 9.65. The summed E-state index contributed by atoms with van der Waals surface area (Å²) in [7, 11) is 0. The van der Waals surface area contributed by atoms with Gasteiger partial charge in [0.05, 0.1) is 0 Å². The van der Waals surface area contributed by atoms with E-state index >= 15 is 0 Å². The van der Waals surface area contributed by atoms with Crippen LogP contribution in [0, 0.1) is 36.5 Å². The Morgan fingerprint density at radius 2 is 1.51 bits per heavy atom. The summed E-state index contributed by atoms with van der Waals surface area (Å²) in [6, 6.07) is 16.6. The van der Waals surface area contributed by atoms with Crippen LogP contribution in [0.15, 0.2) is 78.9 Å². The molecule has 2 atom stereocenters. The third kappa shape index (κ3) is 9.66. The largest absolute Gasteiger partial charge is 0.103 e. The van der Waals surface area contributed by atoms with Gasteiger partial charge in [-0.05, 0) is 85.8 Å². The smallest absolute Gasteiger partial charge is 0.0243 e. The van der Waals surface area contributed by atoms with Gasteiger partial charge in [0, 0.05) is 5.41 Å². The molecular weight excluding hydrogens is 468 g/mol. The predicted molar refractivity (Wildman–Crippen MR) is 176 cm³/mol. The van der Waals surface area contributed by atoms with Crippen molar-refractivity contribution in [1.29, 1.82) is 0 Å². The van der Waals surface area contributed by atoms with Gasteiger partial charge in [0.25, 0.3) is 0 Å². The van der Waals surface area contributed by atoms with Gasteiger partial charge in [0.15, 0.2) is 0 Å². The van der Waals surface area contributed by atoms with E-state index in [1.54, 1.807) is 0 Å². The maximum atomic E-state index is 4.22. The van der Waals surface area contributed by atoms with Crippen molar-refractivity contribution < 1.29 is 0 Å². The van der Waals surface area contributed by atoms with Crippen molar-refractivity contribution in [2.24, 2.45) is 22.7 Å². The molecule has 0 nitrogen and oxygen atoms in total. The van der Waals surface area contributed by atoms with Crippen LogP contribution in [-0.2, 0) is 11.8 Å². The van der Waals surface area contributed by atoms with Crippen molar-refractivity contribution in [3.05, 3.63) is 107 Å². The summed E-state index contributed by atoms with van der Waals surface area (Å²) in [6.07, 6.45) is 14.8. The minimum atomic E-state index is -0.0771. The van der Waals surface area contributed by atoms with Crippen LogP contribution in [0.2, 0.25) is 0 Å². The summed E-state index contributed by atoms with van der Waals surface area (Å²) in [5, 5.41) is 0. The molecule has 0 heterocycles. The zero-order valence-corrected chi connectivity index (χ0v) is 27.2. The van der Waals surface area contributed by atoms with Crippen molar-refractivity contribution >= 4 is 0 Å². The Hall–Kier alpha value is -2.34. The van der Waals surface area contributed by atoms with Crippen molar-refractivity contribution in [2.45, 2.75) is 114 Å². The Balaban J connectivity index is 0.000000798. The molecule has 1 unspecified atom stereocenters. The first-order valence-corrected chi connectivity index (χ1v) is 15.3. The fourth-order valence-corrected chi connectivity index (χ4v) is 5.18. The monoisotopic (exact) mass is 526 g/mol. The minimum absolute atomic E-state index is 0.0771. The molecule has 0 aliphatic heterocycles. The first kappa shape index (κ1) is 32.9. The topological polar surface area (TPSA) is 0 Å². The molecular formula is C39H58. The fraction of sp³-hybridized carbons (Fsp3) is 0.538. The second-order valence-electron chi connectivity index (χ2n) is 14.4. The first-order valence-electron chi connectivity index (χ1n) is 15.3. The quantitative estimate of drug-likeness (QED) is 0.285. The van der Waals surface area contributed by atoms with Crippen LogP contribution in [0.3, 0.4) is 0 Å². The van der Waals surface area contributed by atoms with E-state index in [0.29, 0.717) is 17.3 Å². The minimum Gasteiger partial charge on any atom is -0.103 e. The maximum absolute atomic E-state index is 4.22. The highest BCUT2D eigenvalue weighted by Gasteiger charge is 2.36. The van der Waals surface area contributed by atoms with Crippen molar-refractivity contribution in [1.82, 2.24) is 0 Å². The molecule has 0 fully saturated rings. The van der Waals surface area contributed by atoms with E-state index in [-0.39, 0.29) is 10.8 Å². The average molecular weight is 527 g/mol. The summed E-state index contributed by atoms with van der Waals surface area (Å²) in [4.78, 5) is 0. The van der Waals surface area contributed by atoms with E-state index in [9.17, 15) is 0 Å². The summed E-state index contributed by atoms with van der Waals surface area (Å²) < 4.78 is 0. The molecule has 0 amide bonds. The lowest BCUT2D eigenvalue weighted by Gasteiger charge is -2.38. The van der Waals surface area contributed by atoms with Gasteiger partial charge in [-0.1, -0.05) is 145 Å². The van der Waals surface area contributed by atoms with E-state index in [2.05, 4.69) is 150 Å². The summed E-state index contributed by atoms with van der Waals surface area (Å²) in [5.74, 6) is 1.17. The van der Waals surface area contributed by atoms with Gasteiger partial charge in [-0.25, -0.2) is 0 Å². The first-order chi connectivity index (χ1) is 18.1. The number of benzene rings is 2. The Kier molecular flexibility index (Phi) is 11.7. The molecule has 0 bridgehead atoms. The molecule has 3 rings (SSSR count). The van der Waals surface area contributed by atoms with Crippen LogP contribution in [0.25, 0.3) is 0 Å². The highest BCUT2D eigenvalue weighted by atomic mass is 14.4. The Bertz CT molecular complexity index is 1110. The van der Waals surface area contributed by atoms with Crippen LogP contribution in [0.1, 0.15) is 116 Å². The lowest BCUT2D eigenvalue weighted by molar-refractivity contribution is 0.248. The van der Waals surface area contributed by atoms with Crippen molar-refractivity contribution in [3.8, 4) is 0 Å². The van der Waals surface area contributed by atoms with Crippen molar-refractivity contribution in [2.75, 3.05) is 0 Å². The SMILES string of the molecule is C=CC[C@](CC1C=CC(C)=CC1)(c1ccc(C)cc1)c1cc(C)cc(CC(C)(C)C(C)C)c1.CCC(C)(C)C. The van der Waals surface area contributed by atoms with E-state index in [0.717, 1.165) is 25.7 Å². The van der Waals surface area contributed by atoms with Crippen molar-refractivity contribution in [3.63, 3.8) is 0 Å². The van der Waals surface area contributed by atoms with E-state index in [1.165, 1.54) is 39.8 Å². The van der Waals surface area contributed by atoms with Crippen LogP contribution in [0.5, 0.6) is 0 Å². The molecule has 1 aliphatic rings. The maximum Gasteiger partial charge on any atom is 0.0243 e. The Morgan fingerprint density at radius 3 is 2.00 bits per heavy atom. The third-order valence-electron chi connectivity index (χ3n) is 9.05. The zero-order chi connectivity index (χ0) is 29.4. The van der Waals surface area contributed by atoms with Gasteiger partial charge in [0.1, 0.15) is 0 Å². The predicted octanol–water partition coefficient (Wildman–Crippen LogP) is 11.7. The number of allylic oxidation sites excluding steroid dienone is 5. The van der Waals surface area contributed by atoms with Gasteiger partial charge < -0.3 is 0 Å². The zero-order valence-electron chi connectivity index (χ0n) is 27.2. The van der Waals surface area contributed by atoms with Gasteiger partial charge >= 0.3 is 0 Å².